The normalized spacial score (nSPS) is 15.9. The molecule has 0 radical (unpaired) electrons. The van der Waals surface area contributed by atoms with Gasteiger partial charge in [-0.05, 0) is 56.4 Å². The van der Waals surface area contributed by atoms with Crippen LogP contribution in [-0.4, -0.2) is 17.6 Å². The fraction of sp³-hybridized carbons (Fsp3) is 0.471. The zero-order valence-electron chi connectivity index (χ0n) is 11.9. The lowest BCUT2D eigenvalue weighted by molar-refractivity contribution is 0.0697. The van der Waals surface area contributed by atoms with E-state index in [1.165, 1.54) is 38.5 Å². The van der Waals surface area contributed by atoms with Crippen LogP contribution >= 0.6 is 0 Å². The van der Waals surface area contributed by atoms with Gasteiger partial charge >= 0.3 is 5.97 Å². The fourth-order valence-corrected chi connectivity index (χ4v) is 2.58. The van der Waals surface area contributed by atoms with E-state index < -0.39 is 5.97 Å². The van der Waals surface area contributed by atoms with E-state index >= 15 is 0 Å². The van der Waals surface area contributed by atoms with Gasteiger partial charge in [-0.3, -0.25) is 0 Å². The molecule has 0 unspecified atom stereocenters. The zero-order valence-corrected chi connectivity index (χ0v) is 11.9. The standard InChI is InChI=1S/C17H23NO2/c19-17(20)15-8-10-16(11-9-15)18-13-12-14-6-4-2-1-3-5-7-14/h6,8-11,18H,1-5,7,12-13H2,(H,19,20). The number of benzene rings is 1. The van der Waals surface area contributed by atoms with Gasteiger partial charge in [-0.1, -0.05) is 24.5 Å². The molecule has 108 valence electrons. The number of anilines is 1. The molecule has 0 aliphatic heterocycles. The summed E-state index contributed by atoms with van der Waals surface area (Å²) in [6.07, 6.45) is 11.3. The molecule has 20 heavy (non-hydrogen) atoms. The minimum atomic E-state index is -0.878. The molecule has 3 nitrogen and oxygen atoms in total. The lowest BCUT2D eigenvalue weighted by Gasteiger charge is -2.12. The van der Waals surface area contributed by atoms with Gasteiger partial charge in [0.25, 0.3) is 0 Å². The van der Waals surface area contributed by atoms with E-state index in [1.54, 1.807) is 17.7 Å². The quantitative estimate of drug-likeness (QED) is 0.778. The highest BCUT2D eigenvalue weighted by Gasteiger charge is 2.03. The summed E-state index contributed by atoms with van der Waals surface area (Å²) < 4.78 is 0. The second kappa shape index (κ2) is 7.73. The number of carbonyl (C=O) groups is 1. The summed E-state index contributed by atoms with van der Waals surface area (Å²) in [5.41, 5.74) is 2.89. The van der Waals surface area contributed by atoms with Crippen molar-refractivity contribution in [2.45, 2.75) is 44.9 Å². The summed E-state index contributed by atoms with van der Waals surface area (Å²) in [6, 6.07) is 6.94. The number of nitrogens with one attached hydrogen (secondary N) is 1. The summed E-state index contributed by atoms with van der Waals surface area (Å²) in [5, 5.41) is 12.2. The summed E-state index contributed by atoms with van der Waals surface area (Å²) in [5.74, 6) is -0.878. The Morgan fingerprint density at radius 2 is 1.85 bits per heavy atom. The molecule has 0 spiro atoms. The van der Waals surface area contributed by atoms with Crippen LogP contribution in [-0.2, 0) is 0 Å². The van der Waals surface area contributed by atoms with E-state index in [9.17, 15) is 4.79 Å². The van der Waals surface area contributed by atoms with Crippen molar-refractivity contribution in [3.05, 3.63) is 41.5 Å². The molecule has 1 aliphatic rings. The van der Waals surface area contributed by atoms with Crippen molar-refractivity contribution in [3.8, 4) is 0 Å². The van der Waals surface area contributed by atoms with Crippen molar-refractivity contribution in [2.24, 2.45) is 0 Å². The molecule has 0 heterocycles. The van der Waals surface area contributed by atoms with Crippen molar-refractivity contribution < 1.29 is 9.90 Å². The van der Waals surface area contributed by atoms with Gasteiger partial charge in [0.2, 0.25) is 0 Å². The molecule has 1 aliphatic carbocycles. The molecule has 0 bridgehead atoms. The van der Waals surface area contributed by atoms with Crippen molar-refractivity contribution >= 4 is 11.7 Å². The summed E-state index contributed by atoms with van der Waals surface area (Å²) in [4.78, 5) is 10.8. The molecule has 1 aromatic carbocycles. The Bertz CT molecular complexity index is 462. The average Bonchev–Trinajstić information content (AvgIpc) is 2.41. The molecule has 0 aromatic heterocycles. The van der Waals surface area contributed by atoms with E-state index in [-0.39, 0.29) is 0 Å². The topological polar surface area (TPSA) is 49.3 Å². The van der Waals surface area contributed by atoms with Gasteiger partial charge in [0.1, 0.15) is 0 Å². The van der Waals surface area contributed by atoms with Crippen LogP contribution in [0.3, 0.4) is 0 Å². The second-order valence-corrected chi connectivity index (χ2v) is 5.37. The van der Waals surface area contributed by atoms with E-state index in [0.29, 0.717) is 5.56 Å². The predicted molar refractivity (Wildman–Crippen MR) is 82.3 cm³/mol. The first-order valence-corrected chi connectivity index (χ1v) is 7.51. The van der Waals surface area contributed by atoms with Gasteiger partial charge in [0, 0.05) is 12.2 Å². The maximum atomic E-state index is 10.8. The Kier molecular flexibility index (Phi) is 5.66. The Morgan fingerprint density at radius 1 is 1.10 bits per heavy atom. The third-order valence-corrected chi connectivity index (χ3v) is 3.79. The van der Waals surface area contributed by atoms with Crippen LogP contribution in [0.2, 0.25) is 0 Å². The van der Waals surface area contributed by atoms with Crippen LogP contribution in [0, 0.1) is 0 Å². The average molecular weight is 273 g/mol. The molecule has 2 rings (SSSR count). The zero-order chi connectivity index (χ0) is 14.2. The number of carboxylic acids is 1. The number of carboxylic acid groups (broad SMARTS) is 1. The summed E-state index contributed by atoms with van der Waals surface area (Å²) in [7, 11) is 0. The molecular formula is C17H23NO2. The van der Waals surface area contributed by atoms with Crippen LogP contribution < -0.4 is 5.32 Å². The molecular weight excluding hydrogens is 250 g/mol. The van der Waals surface area contributed by atoms with E-state index in [0.717, 1.165) is 18.7 Å². The van der Waals surface area contributed by atoms with Crippen LogP contribution in [0.1, 0.15) is 55.3 Å². The lowest BCUT2D eigenvalue weighted by atomic mass is 9.98. The van der Waals surface area contributed by atoms with Crippen LogP contribution in [0.25, 0.3) is 0 Å². The number of allylic oxidation sites excluding steroid dienone is 1. The maximum absolute atomic E-state index is 10.8. The van der Waals surface area contributed by atoms with Crippen LogP contribution in [0.5, 0.6) is 0 Å². The van der Waals surface area contributed by atoms with Gasteiger partial charge in [-0.25, -0.2) is 4.79 Å². The van der Waals surface area contributed by atoms with Gasteiger partial charge in [0.15, 0.2) is 0 Å². The van der Waals surface area contributed by atoms with E-state index in [1.807, 2.05) is 12.1 Å². The van der Waals surface area contributed by atoms with E-state index in [4.69, 9.17) is 5.11 Å². The third kappa shape index (κ3) is 4.72. The monoisotopic (exact) mass is 273 g/mol. The number of rotatable bonds is 5. The molecule has 0 saturated heterocycles. The molecule has 0 saturated carbocycles. The van der Waals surface area contributed by atoms with Gasteiger partial charge in [-0.15, -0.1) is 0 Å². The molecule has 1 aromatic rings. The third-order valence-electron chi connectivity index (χ3n) is 3.79. The molecule has 0 fully saturated rings. The highest BCUT2D eigenvalue weighted by Crippen LogP contribution is 2.19. The summed E-state index contributed by atoms with van der Waals surface area (Å²) in [6.45, 7) is 0.915. The molecule has 0 atom stereocenters. The minimum Gasteiger partial charge on any atom is -0.478 e. The smallest absolute Gasteiger partial charge is 0.335 e. The van der Waals surface area contributed by atoms with Crippen molar-refractivity contribution in [3.63, 3.8) is 0 Å². The number of hydrogen-bond acceptors (Lipinski definition) is 2. The summed E-state index contributed by atoms with van der Waals surface area (Å²) >= 11 is 0. The number of hydrogen-bond donors (Lipinski definition) is 2. The van der Waals surface area contributed by atoms with Crippen molar-refractivity contribution in [1.29, 1.82) is 0 Å². The Hall–Kier alpha value is -1.77. The van der Waals surface area contributed by atoms with Gasteiger partial charge < -0.3 is 10.4 Å². The first-order chi connectivity index (χ1) is 9.75. The van der Waals surface area contributed by atoms with Crippen LogP contribution in [0.4, 0.5) is 5.69 Å². The molecule has 3 heteroatoms. The first kappa shape index (κ1) is 14.6. The van der Waals surface area contributed by atoms with E-state index in [2.05, 4.69) is 11.4 Å². The van der Waals surface area contributed by atoms with Crippen molar-refractivity contribution in [2.75, 3.05) is 11.9 Å². The first-order valence-electron chi connectivity index (χ1n) is 7.51. The second-order valence-electron chi connectivity index (χ2n) is 5.37. The Morgan fingerprint density at radius 3 is 2.60 bits per heavy atom. The lowest BCUT2D eigenvalue weighted by Crippen LogP contribution is -2.04. The molecule has 2 N–H and O–H groups in total. The SMILES string of the molecule is O=C(O)c1ccc(NCCC2=CCCCCCC2)cc1. The largest absolute Gasteiger partial charge is 0.478 e. The Labute approximate surface area is 120 Å². The highest BCUT2D eigenvalue weighted by atomic mass is 16.4. The number of aromatic carboxylic acids is 1. The maximum Gasteiger partial charge on any atom is 0.335 e. The van der Waals surface area contributed by atoms with Crippen molar-refractivity contribution in [1.82, 2.24) is 0 Å². The minimum absolute atomic E-state index is 0.332. The highest BCUT2D eigenvalue weighted by molar-refractivity contribution is 5.87. The predicted octanol–water partition coefficient (Wildman–Crippen LogP) is 4.47. The Balaban J connectivity index is 1.78. The van der Waals surface area contributed by atoms with Gasteiger partial charge in [-0.2, -0.15) is 0 Å². The van der Waals surface area contributed by atoms with Crippen LogP contribution in [0.15, 0.2) is 35.9 Å². The van der Waals surface area contributed by atoms with Gasteiger partial charge in [0.05, 0.1) is 5.56 Å². The fourth-order valence-electron chi connectivity index (χ4n) is 2.58. The molecule has 0 amide bonds.